The Kier molecular flexibility index (Phi) is 8.12. The summed E-state index contributed by atoms with van der Waals surface area (Å²) in [5, 5.41) is 3.41. The molecule has 0 spiro atoms. The molecule has 0 radical (unpaired) electrons. The molecule has 146 valence electrons. The Balaban J connectivity index is 1.75. The zero-order chi connectivity index (χ0) is 18.9. The number of aliphatic imine (C=N–C) groups is 1. The molecule has 1 heterocycles. The van der Waals surface area contributed by atoms with Crippen LogP contribution in [0.1, 0.15) is 13.8 Å². The van der Waals surface area contributed by atoms with Crippen molar-refractivity contribution >= 4 is 5.96 Å². The molecule has 1 aromatic rings. The summed E-state index contributed by atoms with van der Waals surface area (Å²) in [5.41, 5.74) is 0. The van der Waals surface area contributed by atoms with Crippen molar-refractivity contribution < 1.29 is 13.9 Å². The first-order valence-electron chi connectivity index (χ1n) is 9.15. The van der Waals surface area contributed by atoms with Crippen LogP contribution in [0.15, 0.2) is 29.3 Å². The molecule has 1 N–H and O–H groups in total. The van der Waals surface area contributed by atoms with Gasteiger partial charge < -0.3 is 19.7 Å². The molecule has 1 aromatic carbocycles. The van der Waals surface area contributed by atoms with E-state index < -0.39 is 0 Å². The third kappa shape index (κ3) is 5.85. The number of nitrogens with zero attached hydrogens (tertiary/aromatic N) is 3. The van der Waals surface area contributed by atoms with Crippen molar-refractivity contribution in [2.45, 2.75) is 25.9 Å². The molecule has 6 nitrogen and oxygen atoms in total. The molecular weight excluding hydrogens is 335 g/mol. The minimum absolute atomic E-state index is 0.277. The van der Waals surface area contributed by atoms with Gasteiger partial charge in [0, 0.05) is 39.3 Å². The van der Waals surface area contributed by atoms with Crippen LogP contribution >= 0.6 is 0 Å². The zero-order valence-corrected chi connectivity index (χ0v) is 16.2. The Morgan fingerprint density at radius 1 is 1.50 bits per heavy atom. The van der Waals surface area contributed by atoms with Crippen LogP contribution in [0, 0.1) is 5.82 Å². The van der Waals surface area contributed by atoms with Gasteiger partial charge in [0.1, 0.15) is 6.61 Å². The second kappa shape index (κ2) is 10.3. The number of guanidine groups is 1. The zero-order valence-electron chi connectivity index (χ0n) is 16.2. The van der Waals surface area contributed by atoms with Crippen molar-refractivity contribution in [3.63, 3.8) is 0 Å². The minimum atomic E-state index is -0.342. The minimum Gasteiger partial charge on any atom is -0.489 e. The number of ether oxygens (including phenoxy) is 2. The summed E-state index contributed by atoms with van der Waals surface area (Å²) < 4.78 is 24.6. The number of hydrogen-bond acceptors (Lipinski definition) is 4. The van der Waals surface area contributed by atoms with E-state index in [1.165, 1.54) is 6.07 Å². The average molecular weight is 366 g/mol. The number of morpholine rings is 1. The standard InChI is InChI=1S/C19H31FN4O2/c1-15(24-10-11-25-14-16(24)2)13-22-19(21-3)23(4)9-12-26-18-8-6-5-7-17(18)20/h5-8,15-16H,9-14H2,1-4H3,(H,21,22). The number of rotatable bonds is 7. The predicted octanol–water partition coefficient (Wildman–Crippen LogP) is 1.82. The van der Waals surface area contributed by atoms with Crippen LogP contribution in [-0.2, 0) is 4.74 Å². The fraction of sp³-hybridized carbons (Fsp3) is 0.632. The smallest absolute Gasteiger partial charge is 0.193 e. The molecule has 7 heteroatoms. The van der Waals surface area contributed by atoms with Gasteiger partial charge in [0.2, 0.25) is 0 Å². The van der Waals surface area contributed by atoms with Gasteiger partial charge in [-0.3, -0.25) is 9.89 Å². The highest BCUT2D eigenvalue weighted by Gasteiger charge is 2.23. The summed E-state index contributed by atoms with van der Waals surface area (Å²) in [6.07, 6.45) is 0. The van der Waals surface area contributed by atoms with E-state index >= 15 is 0 Å². The van der Waals surface area contributed by atoms with E-state index in [1.807, 2.05) is 11.9 Å². The van der Waals surface area contributed by atoms with Crippen molar-refractivity contribution in [2.24, 2.45) is 4.99 Å². The van der Waals surface area contributed by atoms with E-state index in [1.54, 1.807) is 25.2 Å². The molecule has 2 rings (SSSR count). The van der Waals surface area contributed by atoms with Crippen LogP contribution in [0.4, 0.5) is 4.39 Å². The fourth-order valence-corrected chi connectivity index (χ4v) is 3.10. The molecule has 0 aromatic heterocycles. The summed E-state index contributed by atoms with van der Waals surface area (Å²) in [5.74, 6) is 0.736. The van der Waals surface area contributed by atoms with Crippen LogP contribution in [0.2, 0.25) is 0 Å². The van der Waals surface area contributed by atoms with Crippen LogP contribution in [0.3, 0.4) is 0 Å². The molecule has 0 amide bonds. The van der Waals surface area contributed by atoms with Gasteiger partial charge in [-0.25, -0.2) is 4.39 Å². The van der Waals surface area contributed by atoms with Gasteiger partial charge in [-0.15, -0.1) is 0 Å². The maximum atomic E-state index is 13.6. The SMILES string of the molecule is CN=C(NCC(C)N1CCOCC1C)N(C)CCOc1ccccc1F. The molecule has 1 aliphatic heterocycles. The topological polar surface area (TPSA) is 49.3 Å². The fourth-order valence-electron chi connectivity index (χ4n) is 3.10. The van der Waals surface area contributed by atoms with E-state index in [4.69, 9.17) is 9.47 Å². The van der Waals surface area contributed by atoms with Crippen LogP contribution < -0.4 is 10.1 Å². The quantitative estimate of drug-likeness (QED) is 0.589. The molecule has 0 aliphatic carbocycles. The lowest BCUT2D eigenvalue weighted by atomic mass is 10.2. The summed E-state index contributed by atoms with van der Waals surface area (Å²) in [6, 6.07) is 7.25. The van der Waals surface area contributed by atoms with E-state index in [9.17, 15) is 4.39 Å². The highest BCUT2D eigenvalue weighted by molar-refractivity contribution is 5.79. The maximum absolute atomic E-state index is 13.6. The third-order valence-electron chi connectivity index (χ3n) is 4.64. The second-order valence-electron chi connectivity index (χ2n) is 6.64. The molecule has 1 aliphatic rings. The van der Waals surface area contributed by atoms with E-state index in [0.717, 1.165) is 32.3 Å². The van der Waals surface area contributed by atoms with Crippen LogP contribution in [0.25, 0.3) is 0 Å². The lowest BCUT2D eigenvalue weighted by Crippen LogP contribution is -2.53. The monoisotopic (exact) mass is 366 g/mol. The average Bonchev–Trinajstić information content (AvgIpc) is 2.64. The number of nitrogens with one attached hydrogen (secondary N) is 1. The van der Waals surface area contributed by atoms with E-state index in [0.29, 0.717) is 25.2 Å². The van der Waals surface area contributed by atoms with Crippen molar-refractivity contribution in [2.75, 3.05) is 53.6 Å². The Hall–Kier alpha value is -1.86. The summed E-state index contributed by atoms with van der Waals surface area (Å²) >= 11 is 0. The summed E-state index contributed by atoms with van der Waals surface area (Å²) in [6.45, 7) is 8.72. The largest absolute Gasteiger partial charge is 0.489 e. The molecule has 0 bridgehead atoms. The van der Waals surface area contributed by atoms with Gasteiger partial charge in [-0.05, 0) is 26.0 Å². The lowest BCUT2D eigenvalue weighted by Gasteiger charge is -2.38. The van der Waals surface area contributed by atoms with Gasteiger partial charge in [-0.1, -0.05) is 12.1 Å². The van der Waals surface area contributed by atoms with Crippen LogP contribution in [0.5, 0.6) is 5.75 Å². The van der Waals surface area contributed by atoms with Crippen molar-refractivity contribution in [3.8, 4) is 5.75 Å². The number of likely N-dealkylation sites (N-methyl/N-ethyl adjacent to an activating group) is 1. The van der Waals surface area contributed by atoms with Crippen molar-refractivity contribution in [3.05, 3.63) is 30.1 Å². The number of halogens is 1. The Labute approximate surface area is 156 Å². The normalized spacial score (nSPS) is 19.9. The first-order chi connectivity index (χ1) is 12.5. The van der Waals surface area contributed by atoms with Gasteiger partial charge in [0.05, 0.1) is 19.8 Å². The molecule has 26 heavy (non-hydrogen) atoms. The van der Waals surface area contributed by atoms with E-state index in [-0.39, 0.29) is 11.6 Å². The molecular formula is C19H31FN4O2. The molecule has 0 saturated carbocycles. The molecule has 1 fully saturated rings. The van der Waals surface area contributed by atoms with Crippen molar-refractivity contribution in [1.82, 2.24) is 15.1 Å². The molecule has 2 atom stereocenters. The highest BCUT2D eigenvalue weighted by Crippen LogP contribution is 2.15. The van der Waals surface area contributed by atoms with E-state index in [2.05, 4.69) is 29.1 Å². The van der Waals surface area contributed by atoms with Gasteiger partial charge >= 0.3 is 0 Å². The third-order valence-corrected chi connectivity index (χ3v) is 4.64. The van der Waals surface area contributed by atoms with Gasteiger partial charge in [0.25, 0.3) is 0 Å². The van der Waals surface area contributed by atoms with Gasteiger partial charge in [-0.2, -0.15) is 0 Å². The van der Waals surface area contributed by atoms with Crippen LogP contribution in [-0.4, -0.2) is 81.4 Å². The maximum Gasteiger partial charge on any atom is 0.193 e. The number of benzene rings is 1. The summed E-state index contributed by atoms with van der Waals surface area (Å²) in [4.78, 5) is 8.76. The summed E-state index contributed by atoms with van der Waals surface area (Å²) in [7, 11) is 3.71. The Bertz CT molecular complexity index is 584. The second-order valence-corrected chi connectivity index (χ2v) is 6.64. The first-order valence-corrected chi connectivity index (χ1v) is 9.15. The highest BCUT2D eigenvalue weighted by atomic mass is 19.1. The van der Waals surface area contributed by atoms with Gasteiger partial charge in [0.15, 0.2) is 17.5 Å². The Morgan fingerprint density at radius 2 is 2.27 bits per heavy atom. The lowest BCUT2D eigenvalue weighted by molar-refractivity contribution is -0.0175. The Morgan fingerprint density at radius 3 is 2.96 bits per heavy atom. The number of para-hydroxylation sites is 1. The molecule has 2 unspecified atom stereocenters. The first kappa shape index (κ1) is 20.5. The number of hydrogen-bond donors (Lipinski definition) is 1. The van der Waals surface area contributed by atoms with Crippen molar-refractivity contribution in [1.29, 1.82) is 0 Å². The molecule has 1 saturated heterocycles. The predicted molar refractivity (Wildman–Crippen MR) is 102 cm³/mol.